The second kappa shape index (κ2) is 6.52. The summed E-state index contributed by atoms with van der Waals surface area (Å²) in [5.41, 5.74) is -1.22. The maximum absolute atomic E-state index is 12.2. The molecule has 0 saturated carbocycles. The van der Waals surface area contributed by atoms with Gasteiger partial charge in [0.1, 0.15) is 5.41 Å². The molecule has 19 heavy (non-hydrogen) atoms. The Morgan fingerprint density at radius 3 is 2.58 bits per heavy atom. The molecule has 1 N–H and O–H groups in total. The molecule has 0 aromatic carbocycles. The summed E-state index contributed by atoms with van der Waals surface area (Å²) >= 11 is 0. The van der Waals surface area contributed by atoms with Gasteiger partial charge in [0.15, 0.2) is 0 Å². The summed E-state index contributed by atoms with van der Waals surface area (Å²) < 4.78 is 9.51. The van der Waals surface area contributed by atoms with E-state index in [-0.39, 0.29) is 5.57 Å². The van der Waals surface area contributed by atoms with Crippen LogP contribution in [0.1, 0.15) is 26.2 Å². The quantitative estimate of drug-likeness (QED) is 0.762. The van der Waals surface area contributed by atoms with Crippen LogP contribution in [0.2, 0.25) is 0 Å². The monoisotopic (exact) mass is 268 g/mol. The molecular weight excluding hydrogens is 248 g/mol. The Morgan fingerprint density at radius 2 is 2.05 bits per heavy atom. The number of hydrogen-bond donors (Lipinski definition) is 1. The fraction of sp³-hybridized carbons (Fsp3) is 0.571. The zero-order chi connectivity index (χ0) is 14.5. The minimum Gasteiger partial charge on any atom is -0.468 e. The normalized spacial score (nSPS) is 25.7. The number of rotatable bonds is 5. The SMILES string of the molecule is CCCC[C@@]1(C(=O)OC)C(C(=O)OC)=CC=C[C@H]1O. The van der Waals surface area contributed by atoms with Gasteiger partial charge >= 0.3 is 11.9 Å². The minimum absolute atomic E-state index is 0.144. The second-order valence-electron chi connectivity index (χ2n) is 4.47. The van der Waals surface area contributed by atoms with Crippen molar-refractivity contribution in [1.82, 2.24) is 0 Å². The summed E-state index contributed by atoms with van der Waals surface area (Å²) in [7, 11) is 2.49. The third-order valence-electron chi connectivity index (χ3n) is 3.42. The Hall–Kier alpha value is -1.62. The average molecular weight is 268 g/mol. The number of allylic oxidation sites excluding steroid dienone is 2. The molecule has 5 nitrogen and oxygen atoms in total. The molecule has 1 aliphatic carbocycles. The van der Waals surface area contributed by atoms with E-state index in [1.54, 1.807) is 6.08 Å². The van der Waals surface area contributed by atoms with Gasteiger partial charge in [-0.15, -0.1) is 0 Å². The highest BCUT2D eigenvalue weighted by Crippen LogP contribution is 2.41. The van der Waals surface area contributed by atoms with E-state index in [9.17, 15) is 14.7 Å². The highest BCUT2D eigenvalue weighted by Gasteiger charge is 2.51. The van der Waals surface area contributed by atoms with Crippen molar-refractivity contribution in [2.24, 2.45) is 5.41 Å². The van der Waals surface area contributed by atoms with Gasteiger partial charge in [-0.2, -0.15) is 0 Å². The van der Waals surface area contributed by atoms with E-state index in [2.05, 4.69) is 0 Å². The number of carbonyl (C=O) groups excluding carboxylic acids is 2. The lowest BCUT2D eigenvalue weighted by atomic mass is 9.69. The molecule has 0 heterocycles. The number of unbranched alkanes of at least 4 members (excludes halogenated alkanes) is 1. The molecule has 0 fully saturated rings. The highest BCUT2D eigenvalue weighted by atomic mass is 16.5. The summed E-state index contributed by atoms with van der Waals surface area (Å²) in [5, 5.41) is 10.2. The topological polar surface area (TPSA) is 72.8 Å². The molecule has 0 radical (unpaired) electrons. The van der Waals surface area contributed by atoms with Crippen molar-refractivity contribution in [2.45, 2.75) is 32.3 Å². The van der Waals surface area contributed by atoms with Gasteiger partial charge in [-0.3, -0.25) is 4.79 Å². The van der Waals surface area contributed by atoms with Crippen LogP contribution in [-0.2, 0) is 19.1 Å². The van der Waals surface area contributed by atoms with Gasteiger partial charge in [-0.1, -0.05) is 38.0 Å². The molecule has 0 aromatic rings. The first-order valence-corrected chi connectivity index (χ1v) is 6.28. The molecule has 106 valence electrons. The van der Waals surface area contributed by atoms with Gasteiger partial charge in [0.2, 0.25) is 0 Å². The Balaban J connectivity index is 3.29. The lowest BCUT2D eigenvalue weighted by Crippen LogP contribution is -2.47. The van der Waals surface area contributed by atoms with Crippen LogP contribution in [0.25, 0.3) is 0 Å². The maximum atomic E-state index is 12.2. The zero-order valence-corrected chi connectivity index (χ0v) is 11.5. The molecule has 0 bridgehead atoms. The maximum Gasteiger partial charge on any atom is 0.335 e. The molecular formula is C14H20O5. The molecule has 1 rings (SSSR count). The van der Waals surface area contributed by atoms with Crippen LogP contribution in [0, 0.1) is 5.41 Å². The molecule has 0 aromatic heterocycles. The average Bonchev–Trinajstić information content (AvgIpc) is 2.44. The van der Waals surface area contributed by atoms with Crippen molar-refractivity contribution >= 4 is 11.9 Å². The van der Waals surface area contributed by atoms with Crippen LogP contribution < -0.4 is 0 Å². The lowest BCUT2D eigenvalue weighted by molar-refractivity contribution is -0.159. The van der Waals surface area contributed by atoms with Gasteiger partial charge in [0.05, 0.1) is 25.9 Å². The summed E-state index contributed by atoms with van der Waals surface area (Å²) in [6, 6.07) is 0. The summed E-state index contributed by atoms with van der Waals surface area (Å²) in [6.07, 6.45) is 5.31. The van der Waals surface area contributed by atoms with E-state index >= 15 is 0 Å². The minimum atomic E-state index is -1.37. The van der Waals surface area contributed by atoms with E-state index in [1.165, 1.54) is 26.4 Å². The fourth-order valence-corrected chi connectivity index (χ4v) is 2.34. The first kappa shape index (κ1) is 15.4. The first-order valence-electron chi connectivity index (χ1n) is 6.28. The van der Waals surface area contributed by atoms with Gasteiger partial charge in [0, 0.05) is 0 Å². The van der Waals surface area contributed by atoms with Gasteiger partial charge in [0.25, 0.3) is 0 Å². The van der Waals surface area contributed by atoms with Gasteiger partial charge < -0.3 is 14.6 Å². The number of hydrogen-bond acceptors (Lipinski definition) is 5. The number of aliphatic hydroxyl groups excluding tert-OH is 1. The van der Waals surface area contributed by atoms with Crippen molar-refractivity contribution in [1.29, 1.82) is 0 Å². The van der Waals surface area contributed by atoms with Crippen molar-refractivity contribution < 1.29 is 24.2 Å². The molecule has 0 unspecified atom stereocenters. The first-order chi connectivity index (χ1) is 9.04. The molecule has 5 heteroatoms. The number of aliphatic hydroxyl groups is 1. The number of methoxy groups -OCH3 is 2. The third kappa shape index (κ3) is 2.71. The van der Waals surface area contributed by atoms with E-state index in [4.69, 9.17) is 9.47 Å². The molecule has 1 aliphatic rings. The molecule has 0 saturated heterocycles. The lowest BCUT2D eigenvalue weighted by Gasteiger charge is -2.36. The van der Waals surface area contributed by atoms with Crippen molar-refractivity contribution in [3.63, 3.8) is 0 Å². The highest BCUT2D eigenvalue weighted by molar-refractivity contribution is 5.99. The van der Waals surface area contributed by atoms with Crippen LogP contribution >= 0.6 is 0 Å². The van der Waals surface area contributed by atoms with Crippen molar-refractivity contribution in [2.75, 3.05) is 14.2 Å². The van der Waals surface area contributed by atoms with E-state index in [0.29, 0.717) is 12.8 Å². The Morgan fingerprint density at radius 1 is 1.37 bits per heavy atom. The van der Waals surface area contributed by atoms with E-state index < -0.39 is 23.5 Å². The molecule has 0 spiro atoms. The Bertz CT molecular complexity index is 410. The van der Waals surface area contributed by atoms with Crippen LogP contribution in [-0.4, -0.2) is 37.4 Å². The molecule has 0 aliphatic heterocycles. The van der Waals surface area contributed by atoms with Crippen LogP contribution in [0.5, 0.6) is 0 Å². The Labute approximate surface area is 112 Å². The third-order valence-corrected chi connectivity index (χ3v) is 3.42. The Kier molecular flexibility index (Phi) is 5.30. The van der Waals surface area contributed by atoms with Gasteiger partial charge in [-0.05, 0) is 6.42 Å². The molecule has 0 amide bonds. The second-order valence-corrected chi connectivity index (χ2v) is 4.47. The number of carbonyl (C=O) groups is 2. The number of ether oxygens (including phenoxy) is 2. The fourth-order valence-electron chi connectivity index (χ4n) is 2.34. The molecule has 2 atom stereocenters. The predicted octanol–water partition coefficient (Wildman–Crippen LogP) is 1.37. The van der Waals surface area contributed by atoms with Gasteiger partial charge in [-0.25, -0.2) is 4.79 Å². The van der Waals surface area contributed by atoms with Crippen LogP contribution in [0.15, 0.2) is 23.8 Å². The van der Waals surface area contributed by atoms with Crippen LogP contribution in [0.4, 0.5) is 0 Å². The number of esters is 2. The standard InChI is InChI=1S/C14H20O5/c1-4-5-9-14(13(17)19-3)10(12(16)18-2)7-6-8-11(14)15/h6-8,11,15H,4-5,9H2,1-3H3/t11-,14-/m1/s1. The van der Waals surface area contributed by atoms with E-state index in [0.717, 1.165) is 6.42 Å². The van der Waals surface area contributed by atoms with E-state index in [1.807, 2.05) is 6.92 Å². The van der Waals surface area contributed by atoms with Crippen LogP contribution in [0.3, 0.4) is 0 Å². The predicted molar refractivity (Wildman–Crippen MR) is 69.2 cm³/mol. The smallest absolute Gasteiger partial charge is 0.335 e. The zero-order valence-electron chi connectivity index (χ0n) is 11.5. The summed E-state index contributed by atoms with van der Waals surface area (Å²) in [4.78, 5) is 24.0. The van der Waals surface area contributed by atoms with Crippen molar-refractivity contribution in [3.8, 4) is 0 Å². The largest absolute Gasteiger partial charge is 0.468 e. The summed E-state index contributed by atoms with van der Waals surface area (Å²) in [6.45, 7) is 1.97. The van der Waals surface area contributed by atoms with Crippen molar-refractivity contribution in [3.05, 3.63) is 23.8 Å². The summed E-state index contributed by atoms with van der Waals surface area (Å²) in [5.74, 6) is -1.24.